The van der Waals surface area contributed by atoms with Gasteiger partial charge in [-0.25, -0.2) is 5.43 Å². The van der Waals surface area contributed by atoms with Gasteiger partial charge in [-0.2, -0.15) is 5.10 Å². The van der Waals surface area contributed by atoms with Crippen LogP contribution in [0.2, 0.25) is 0 Å². The summed E-state index contributed by atoms with van der Waals surface area (Å²) < 4.78 is 0.818. The van der Waals surface area contributed by atoms with E-state index < -0.39 is 6.04 Å². The van der Waals surface area contributed by atoms with Crippen LogP contribution in [0.4, 0.5) is 5.69 Å². The van der Waals surface area contributed by atoms with Gasteiger partial charge in [0.05, 0.1) is 6.21 Å². The van der Waals surface area contributed by atoms with Crippen LogP contribution in [0.15, 0.2) is 46.0 Å². The van der Waals surface area contributed by atoms with Crippen molar-refractivity contribution in [1.29, 1.82) is 0 Å². The van der Waals surface area contributed by atoms with Crippen molar-refractivity contribution in [2.75, 3.05) is 5.32 Å². The van der Waals surface area contributed by atoms with Gasteiger partial charge in [-0.05, 0) is 50.6 Å². The second-order valence-corrected chi connectivity index (χ2v) is 6.54. The van der Waals surface area contributed by atoms with Crippen molar-refractivity contribution in [3.63, 3.8) is 0 Å². The number of nitrogens with one attached hydrogen (secondary N) is 2. The number of carbonyl (C=O) groups is 1. The zero-order valence-corrected chi connectivity index (χ0v) is 15.4. The van der Waals surface area contributed by atoms with Crippen LogP contribution in [0.1, 0.15) is 23.6 Å². The lowest BCUT2D eigenvalue weighted by Gasteiger charge is -2.15. The van der Waals surface area contributed by atoms with E-state index in [9.17, 15) is 9.90 Å². The Balaban J connectivity index is 1.96. The molecule has 126 valence electrons. The molecule has 2 aromatic rings. The van der Waals surface area contributed by atoms with Gasteiger partial charge in [0.15, 0.2) is 0 Å². The molecule has 0 spiro atoms. The average molecular weight is 390 g/mol. The number of hydrazone groups is 1. The largest absolute Gasteiger partial charge is 0.507 e. The minimum absolute atomic E-state index is 0.0950. The number of benzene rings is 2. The fourth-order valence-corrected chi connectivity index (χ4v) is 2.54. The third-order valence-corrected chi connectivity index (χ3v) is 4.01. The van der Waals surface area contributed by atoms with E-state index in [0.717, 1.165) is 15.7 Å². The second-order valence-electron chi connectivity index (χ2n) is 5.62. The molecule has 3 N–H and O–H groups in total. The Kier molecular flexibility index (Phi) is 5.98. The zero-order valence-electron chi connectivity index (χ0n) is 13.8. The summed E-state index contributed by atoms with van der Waals surface area (Å²) in [5, 5.41) is 16.8. The molecule has 0 heterocycles. The topological polar surface area (TPSA) is 73.7 Å². The zero-order chi connectivity index (χ0) is 17.7. The predicted molar refractivity (Wildman–Crippen MR) is 101 cm³/mol. The first-order valence-electron chi connectivity index (χ1n) is 7.52. The molecule has 0 bridgehead atoms. The first kappa shape index (κ1) is 18.0. The molecule has 0 radical (unpaired) electrons. The first-order valence-corrected chi connectivity index (χ1v) is 8.31. The number of carbonyl (C=O) groups excluding carboxylic acids is 1. The Bertz CT molecular complexity index is 775. The Morgan fingerprint density at radius 1 is 1.25 bits per heavy atom. The summed E-state index contributed by atoms with van der Waals surface area (Å²) in [7, 11) is 0. The van der Waals surface area contributed by atoms with E-state index in [1.807, 2.05) is 26.0 Å². The summed E-state index contributed by atoms with van der Waals surface area (Å²) in [6.45, 7) is 5.79. The maximum atomic E-state index is 12.1. The lowest BCUT2D eigenvalue weighted by Crippen LogP contribution is -2.35. The molecule has 1 amide bonds. The minimum atomic E-state index is -0.445. The van der Waals surface area contributed by atoms with Gasteiger partial charge in [-0.1, -0.05) is 33.6 Å². The number of hydrogen-bond acceptors (Lipinski definition) is 4. The van der Waals surface area contributed by atoms with Crippen molar-refractivity contribution in [3.05, 3.63) is 57.6 Å². The van der Waals surface area contributed by atoms with Crippen molar-refractivity contribution in [1.82, 2.24) is 5.43 Å². The van der Waals surface area contributed by atoms with E-state index in [-0.39, 0.29) is 11.7 Å². The van der Waals surface area contributed by atoms with Crippen molar-refractivity contribution < 1.29 is 9.90 Å². The van der Waals surface area contributed by atoms with Crippen LogP contribution in [0, 0.1) is 13.8 Å². The predicted octanol–water partition coefficient (Wildman–Crippen LogP) is 3.72. The number of halogens is 1. The number of rotatable bonds is 5. The van der Waals surface area contributed by atoms with Crippen LogP contribution in [-0.2, 0) is 4.79 Å². The van der Waals surface area contributed by atoms with Gasteiger partial charge in [-0.3, -0.25) is 4.79 Å². The minimum Gasteiger partial charge on any atom is -0.507 e. The average Bonchev–Trinajstić information content (AvgIpc) is 2.53. The molecule has 2 aromatic carbocycles. The molecule has 6 heteroatoms. The molecule has 0 fully saturated rings. The summed E-state index contributed by atoms with van der Waals surface area (Å²) in [6.07, 6.45) is 1.40. The molecule has 24 heavy (non-hydrogen) atoms. The van der Waals surface area contributed by atoms with Crippen LogP contribution in [0.25, 0.3) is 0 Å². The van der Waals surface area contributed by atoms with Gasteiger partial charge in [0.2, 0.25) is 0 Å². The number of nitrogens with zero attached hydrogens (tertiary/aromatic N) is 1. The molecule has 0 aliphatic heterocycles. The SMILES string of the molecule is Cc1ccc(N[C@@H](C)C(=O)N/N=C/c2cc(Br)ccc2O)c(C)c1. The van der Waals surface area contributed by atoms with Crippen molar-refractivity contribution in [2.24, 2.45) is 5.10 Å². The lowest BCUT2D eigenvalue weighted by molar-refractivity contribution is -0.121. The number of amides is 1. The van der Waals surface area contributed by atoms with Gasteiger partial charge in [0, 0.05) is 15.7 Å². The quantitative estimate of drug-likeness (QED) is 0.538. The second kappa shape index (κ2) is 7.97. The molecule has 0 saturated heterocycles. The molecule has 0 saturated carbocycles. The number of phenols is 1. The van der Waals surface area contributed by atoms with Crippen LogP contribution in [0.5, 0.6) is 5.75 Å². The maximum absolute atomic E-state index is 12.1. The summed E-state index contributed by atoms with van der Waals surface area (Å²) >= 11 is 3.32. The van der Waals surface area contributed by atoms with E-state index in [1.54, 1.807) is 25.1 Å². The van der Waals surface area contributed by atoms with Gasteiger partial charge < -0.3 is 10.4 Å². The molecule has 2 rings (SSSR count). The van der Waals surface area contributed by atoms with E-state index >= 15 is 0 Å². The summed E-state index contributed by atoms with van der Waals surface area (Å²) in [5.41, 5.74) is 6.15. The third kappa shape index (κ3) is 4.83. The highest BCUT2D eigenvalue weighted by atomic mass is 79.9. The number of aromatic hydroxyl groups is 1. The highest BCUT2D eigenvalue weighted by Gasteiger charge is 2.12. The third-order valence-electron chi connectivity index (χ3n) is 3.52. The highest BCUT2D eigenvalue weighted by Crippen LogP contribution is 2.20. The smallest absolute Gasteiger partial charge is 0.262 e. The molecule has 0 aromatic heterocycles. The monoisotopic (exact) mass is 389 g/mol. The Morgan fingerprint density at radius 3 is 2.71 bits per heavy atom. The Hall–Kier alpha value is -2.34. The molecule has 0 aliphatic rings. The van der Waals surface area contributed by atoms with Gasteiger partial charge in [0.25, 0.3) is 5.91 Å². The first-order chi connectivity index (χ1) is 11.4. The lowest BCUT2D eigenvalue weighted by atomic mass is 10.1. The Labute approximate surface area is 149 Å². The molecule has 1 atom stereocenters. The number of aryl methyl sites for hydroxylation is 2. The molecule has 5 nitrogen and oxygen atoms in total. The summed E-state index contributed by atoms with van der Waals surface area (Å²) in [4.78, 5) is 12.1. The number of anilines is 1. The standard InChI is InChI=1S/C18H20BrN3O2/c1-11-4-6-16(12(2)8-11)21-13(3)18(24)22-20-10-14-9-15(19)5-7-17(14)23/h4-10,13,21,23H,1-3H3,(H,22,24)/b20-10+/t13-/m0/s1. The fourth-order valence-electron chi connectivity index (χ4n) is 2.17. The van der Waals surface area contributed by atoms with Crippen LogP contribution in [0.3, 0.4) is 0 Å². The summed E-state index contributed by atoms with van der Waals surface area (Å²) in [6, 6.07) is 10.5. The number of hydrogen-bond donors (Lipinski definition) is 3. The number of phenolic OH excluding ortho intramolecular Hbond substituents is 1. The van der Waals surface area contributed by atoms with Crippen molar-refractivity contribution in [3.8, 4) is 5.75 Å². The Morgan fingerprint density at radius 2 is 2.00 bits per heavy atom. The van der Waals surface area contributed by atoms with E-state index in [2.05, 4.69) is 37.8 Å². The van der Waals surface area contributed by atoms with E-state index in [4.69, 9.17) is 0 Å². The summed E-state index contributed by atoms with van der Waals surface area (Å²) in [5.74, 6) is -0.168. The van der Waals surface area contributed by atoms with Crippen molar-refractivity contribution in [2.45, 2.75) is 26.8 Å². The fraction of sp³-hybridized carbons (Fsp3) is 0.222. The van der Waals surface area contributed by atoms with Crippen LogP contribution < -0.4 is 10.7 Å². The molecular formula is C18H20BrN3O2. The molecule has 0 unspecified atom stereocenters. The highest BCUT2D eigenvalue weighted by molar-refractivity contribution is 9.10. The maximum Gasteiger partial charge on any atom is 0.262 e. The van der Waals surface area contributed by atoms with Crippen LogP contribution in [-0.4, -0.2) is 23.3 Å². The van der Waals surface area contributed by atoms with Crippen molar-refractivity contribution >= 4 is 33.7 Å². The van der Waals surface area contributed by atoms with Gasteiger partial charge in [-0.15, -0.1) is 0 Å². The van der Waals surface area contributed by atoms with Crippen LogP contribution >= 0.6 is 15.9 Å². The van der Waals surface area contributed by atoms with Gasteiger partial charge in [0.1, 0.15) is 11.8 Å². The van der Waals surface area contributed by atoms with E-state index in [0.29, 0.717) is 5.56 Å². The van der Waals surface area contributed by atoms with Gasteiger partial charge >= 0.3 is 0 Å². The normalized spacial score (nSPS) is 12.2. The molecular weight excluding hydrogens is 370 g/mol. The van der Waals surface area contributed by atoms with E-state index in [1.165, 1.54) is 11.8 Å². The molecule has 0 aliphatic carbocycles.